The van der Waals surface area contributed by atoms with Crippen LogP contribution in [0.3, 0.4) is 0 Å². The number of nitrogens with zero attached hydrogens (tertiary/aromatic N) is 1. The van der Waals surface area contributed by atoms with Crippen LogP contribution in [-0.2, 0) is 4.79 Å². The minimum atomic E-state index is -0.794. The average molecular weight is 546 g/mol. The van der Waals surface area contributed by atoms with Gasteiger partial charge in [-0.05, 0) is 80.6 Å². The zero-order valence-corrected chi connectivity index (χ0v) is 20.8. The third-order valence-corrected chi connectivity index (χ3v) is 5.19. The van der Waals surface area contributed by atoms with E-state index in [0.717, 1.165) is 4.47 Å². The van der Waals surface area contributed by atoms with Gasteiger partial charge in [-0.2, -0.15) is 5.10 Å². The number of ether oxygens (including phenoxy) is 3. The maximum atomic E-state index is 12.6. The zero-order valence-electron chi connectivity index (χ0n) is 18.5. The van der Waals surface area contributed by atoms with Crippen LogP contribution in [0.1, 0.15) is 29.8 Å². The zero-order chi connectivity index (χ0) is 24.5. The molecule has 1 N–H and O–H groups in total. The van der Waals surface area contributed by atoms with Crippen LogP contribution in [-0.4, -0.2) is 30.8 Å². The molecule has 1 atom stereocenters. The van der Waals surface area contributed by atoms with Crippen LogP contribution in [0.25, 0.3) is 0 Å². The topological polar surface area (TPSA) is 86.2 Å². The van der Waals surface area contributed by atoms with Crippen molar-refractivity contribution in [3.8, 4) is 17.2 Å². The molecule has 0 unspecified atom stereocenters. The summed E-state index contributed by atoms with van der Waals surface area (Å²) in [5.41, 5.74) is 3.28. The van der Waals surface area contributed by atoms with Gasteiger partial charge in [-0.1, -0.05) is 27.5 Å². The van der Waals surface area contributed by atoms with Crippen molar-refractivity contribution in [2.45, 2.75) is 20.0 Å². The van der Waals surface area contributed by atoms with E-state index in [2.05, 4.69) is 26.5 Å². The van der Waals surface area contributed by atoms with Crippen molar-refractivity contribution in [1.82, 2.24) is 5.43 Å². The van der Waals surface area contributed by atoms with E-state index in [1.54, 1.807) is 73.7 Å². The van der Waals surface area contributed by atoms with Gasteiger partial charge in [0, 0.05) is 15.1 Å². The number of nitrogens with one attached hydrogen (secondary N) is 1. The lowest BCUT2D eigenvalue weighted by Crippen LogP contribution is -2.33. The Morgan fingerprint density at radius 3 is 2.41 bits per heavy atom. The van der Waals surface area contributed by atoms with Crippen LogP contribution in [0.2, 0.25) is 5.02 Å². The van der Waals surface area contributed by atoms with E-state index < -0.39 is 18.0 Å². The summed E-state index contributed by atoms with van der Waals surface area (Å²) in [7, 11) is 0. The molecule has 3 aromatic rings. The third kappa shape index (κ3) is 7.33. The quantitative estimate of drug-likeness (QED) is 0.163. The standard InChI is InChI=1S/C25H22BrClN2O5/c1-3-32-21-9-4-17(5-10-21)25(31)34-23-13-6-19(26)14-18(23)15-28-29-24(30)16(2)33-22-11-7-20(27)8-12-22/h4-16H,3H2,1-2H3,(H,29,30)/b28-15-/t16-/m0/s1. The lowest BCUT2D eigenvalue weighted by molar-refractivity contribution is -0.127. The lowest BCUT2D eigenvalue weighted by atomic mass is 10.2. The molecule has 0 aliphatic rings. The van der Waals surface area contributed by atoms with Crippen molar-refractivity contribution < 1.29 is 23.8 Å². The van der Waals surface area contributed by atoms with Crippen LogP contribution in [0.5, 0.6) is 17.2 Å². The molecular weight excluding hydrogens is 524 g/mol. The molecule has 0 fully saturated rings. The normalized spacial score (nSPS) is 11.6. The van der Waals surface area contributed by atoms with Crippen LogP contribution in [0.4, 0.5) is 0 Å². The first kappa shape index (κ1) is 25.3. The van der Waals surface area contributed by atoms with Gasteiger partial charge in [0.2, 0.25) is 0 Å². The molecule has 1 amide bonds. The number of carbonyl (C=O) groups is 2. The Balaban J connectivity index is 1.64. The first-order valence-corrected chi connectivity index (χ1v) is 11.5. The Bertz CT molecular complexity index is 1170. The highest BCUT2D eigenvalue weighted by molar-refractivity contribution is 9.10. The van der Waals surface area contributed by atoms with Gasteiger partial charge in [-0.3, -0.25) is 4.79 Å². The maximum absolute atomic E-state index is 12.6. The number of hydrogen-bond donors (Lipinski definition) is 1. The smallest absolute Gasteiger partial charge is 0.343 e. The van der Waals surface area contributed by atoms with Gasteiger partial charge in [0.25, 0.3) is 5.91 Å². The monoisotopic (exact) mass is 544 g/mol. The Morgan fingerprint density at radius 2 is 1.74 bits per heavy atom. The minimum absolute atomic E-state index is 0.283. The first-order chi connectivity index (χ1) is 16.4. The Hall–Kier alpha value is -3.36. The van der Waals surface area contributed by atoms with E-state index in [9.17, 15) is 9.59 Å². The summed E-state index contributed by atoms with van der Waals surface area (Å²) in [4.78, 5) is 24.9. The van der Waals surface area contributed by atoms with Crippen molar-refractivity contribution >= 4 is 45.6 Å². The molecule has 3 rings (SSSR count). The molecule has 0 bridgehead atoms. The summed E-state index contributed by atoms with van der Waals surface area (Å²) in [6.45, 7) is 4.02. The van der Waals surface area contributed by atoms with Crippen molar-refractivity contribution in [2.75, 3.05) is 6.61 Å². The second kappa shape index (κ2) is 12.2. The molecular formula is C25H22BrClN2O5. The van der Waals surface area contributed by atoms with Crippen LogP contribution < -0.4 is 19.6 Å². The van der Waals surface area contributed by atoms with Gasteiger partial charge in [-0.15, -0.1) is 0 Å². The van der Waals surface area contributed by atoms with E-state index in [-0.39, 0.29) is 5.75 Å². The van der Waals surface area contributed by atoms with Crippen LogP contribution >= 0.6 is 27.5 Å². The molecule has 0 aliphatic carbocycles. The highest BCUT2D eigenvalue weighted by Gasteiger charge is 2.15. The van der Waals surface area contributed by atoms with Crippen LogP contribution in [0.15, 0.2) is 76.3 Å². The van der Waals surface area contributed by atoms with E-state index in [1.165, 1.54) is 6.21 Å². The van der Waals surface area contributed by atoms with E-state index in [0.29, 0.717) is 34.3 Å². The Labute approximate surface area is 210 Å². The number of esters is 1. The van der Waals surface area contributed by atoms with Gasteiger partial charge in [0.05, 0.1) is 18.4 Å². The number of rotatable bonds is 9. The first-order valence-electron chi connectivity index (χ1n) is 10.4. The molecule has 0 saturated carbocycles. The second-order valence-corrected chi connectivity index (χ2v) is 8.33. The largest absolute Gasteiger partial charge is 0.494 e. The van der Waals surface area contributed by atoms with Crippen molar-refractivity contribution in [2.24, 2.45) is 5.10 Å². The summed E-state index contributed by atoms with van der Waals surface area (Å²) >= 11 is 9.24. The van der Waals surface area contributed by atoms with Crippen molar-refractivity contribution in [3.05, 3.63) is 87.4 Å². The predicted octanol–water partition coefficient (Wildman–Crippen LogP) is 5.64. The van der Waals surface area contributed by atoms with Crippen LogP contribution in [0, 0.1) is 0 Å². The number of hydrogen-bond acceptors (Lipinski definition) is 6. The van der Waals surface area contributed by atoms with Gasteiger partial charge in [0.15, 0.2) is 6.10 Å². The molecule has 34 heavy (non-hydrogen) atoms. The summed E-state index contributed by atoms with van der Waals surface area (Å²) in [6, 6.07) is 18.4. The molecule has 0 aliphatic heterocycles. The fourth-order valence-electron chi connectivity index (χ4n) is 2.75. The van der Waals surface area contributed by atoms with E-state index in [4.69, 9.17) is 25.8 Å². The summed E-state index contributed by atoms with van der Waals surface area (Å²) in [6.07, 6.45) is 0.594. The molecule has 0 heterocycles. The molecule has 176 valence electrons. The molecule has 0 aromatic heterocycles. The molecule has 0 radical (unpaired) electrons. The number of benzene rings is 3. The van der Waals surface area contributed by atoms with Gasteiger partial charge < -0.3 is 14.2 Å². The molecule has 0 spiro atoms. The van der Waals surface area contributed by atoms with Gasteiger partial charge >= 0.3 is 5.97 Å². The molecule has 3 aromatic carbocycles. The van der Waals surface area contributed by atoms with Gasteiger partial charge in [0.1, 0.15) is 17.2 Å². The fraction of sp³-hybridized carbons (Fsp3) is 0.160. The number of carbonyl (C=O) groups excluding carboxylic acids is 2. The molecule has 7 nitrogen and oxygen atoms in total. The van der Waals surface area contributed by atoms with Crippen molar-refractivity contribution in [1.29, 1.82) is 0 Å². The highest BCUT2D eigenvalue weighted by Crippen LogP contribution is 2.23. The molecule has 0 saturated heterocycles. The fourth-order valence-corrected chi connectivity index (χ4v) is 3.26. The average Bonchev–Trinajstić information content (AvgIpc) is 2.82. The Morgan fingerprint density at radius 1 is 1.06 bits per heavy atom. The summed E-state index contributed by atoms with van der Waals surface area (Å²) < 4.78 is 17.2. The Kier molecular flexibility index (Phi) is 9.07. The predicted molar refractivity (Wildman–Crippen MR) is 134 cm³/mol. The minimum Gasteiger partial charge on any atom is -0.494 e. The van der Waals surface area contributed by atoms with Crippen molar-refractivity contribution in [3.63, 3.8) is 0 Å². The molecule has 9 heteroatoms. The SMILES string of the molecule is CCOc1ccc(C(=O)Oc2ccc(Br)cc2/C=N\NC(=O)[C@H](C)Oc2ccc(Cl)cc2)cc1. The van der Waals surface area contributed by atoms with Gasteiger partial charge in [-0.25, -0.2) is 10.2 Å². The number of amides is 1. The maximum Gasteiger partial charge on any atom is 0.343 e. The number of halogens is 2. The van der Waals surface area contributed by atoms with E-state index >= 15 is 0 Å². The number of hydrazone groups is 1. The third-order valence-electron chi connectivity index (χ3n) is 4.45. The second-order valence-electron chi connectivity index (χ2n) is 6.98. The lowest BCUT2D eigenvalue weighted by Gasteiger charge is -2.13. The van der Waals surface area contributed by atoms with E-state index in [1.807, 2.05) is 6.92 Å². The summed E-state index contributed by atoms with van der Waals surface area (Å²) in [5, 5.41) is 4.55. The highest BCUT2D eigenvalue weighted by atomic mass is 79.9. The summed E-state index contributed by atoms with van der Waals surface area (Å²) in [5.74, 6) is 0.473.